The summed E-state index contributed by atoms with van der Waals surface area (Å²) in [5.74, 6) is -0.464. The van der Waals surface area contributed by atoms with E-state index in [0.717, 1.165) is 25.3 Å². The molecule has 0 saturated heterocycles. The minimum Gasteiger partial charge on any atom is -0.368 e. The topological polar surface area (TPSA) is 123 Å². The summed E-state index contributed by atoms with van der Waals surface area (Å²) in [5, 5.41) is 16.2. The highest BCUT2D eigenvalue weighted by Gasteiger charge is 2.41. The maximum Gasteiger partial charge on any atom is 0.296 e. The number of pyridine rings is 1. The summed E-state index contributed by atoms with van der Waals surface area (Å²) in [6.45, 7) is 0.442. The van der Waals surface area contributed by atoms with Crippen LogP contribution in [0.5, 0.6) is 0 Å². The Hall–Kier alpha value is -3.18. The highest BCUT2D eigenvalue weighted by Crippen LogP contribution is 2.43. The molecule has 31 heavy (non-hydrogen) atoms. The molecule has 1 aromatic carbocycles. The zero-order valence-electron chi connectivity index (χ0n) is 16.3. The van der Waals surface area contributed by atoms with Crippen molar-refractivity contribution >= 4 is 21.7 Å². The molecule has 0 atom stereocenters. The van der Waals surface area contributed by atoms with E-state index in [1.807, 2.05) is 0 Å². The van der Waals surface area contributed by atoms with Crippen molar-refractivity contribution in [1.82, 2.24) is 15.2 Å². The Morgan fingerprint density at radius 1 is 1.06 bits per heavy atom. The van der Waals surface area contributed by atoms with Crippen LogP contribution in [0.4, 0.5) is 20.3 Å². The molecular weight excluding hydrogens is 426 g/mol. The van der Waals surface area contributed by atoms with Crippen LogP contribution in [0.1, 0.15) is 25.0 Å². The minimum absolute atomic E-state index is 0.0683. The second-order valence-electron chi connectivity index (χ2n) is 7.47. The van der Waals surface area contributed by atoms with Crippen LogP contribution in [-0.4, -0.2) is 30.1 Å². The number of nitrogens with zero attached hydrogens (tertiary/aromatic N) is 3. The molecular formula is C20H20F2N6O2S. The van der Waals surface area contributed by atoms with Crippen LogP contribution in [0.2, 0.25) is 0 Å². The highest BCUT2D eigenvalue weighted by atomic mass is 32.2. The molecule has 3 aromatic rings. The van der Waals surface area contributed by atoms with Crippen molar-refractivity contribution in [1.29, 1.82) is 0 Å². The number of benzene rings is 1. The van der Waals surface area contributed by atoms with Crippen molar-refractivity contribution in [3.05, 3.63) is 66.0 Å². The predicted octanol–water partition coefficient (Wildman–Crippen LogP) is 2.97. The number of hydrogen-bond acceptors (Lipinski definition) is 6. The zero-order chi connectivity index (χ0) is 22.1. The molecule has 0 aliphatic heterocycles. The average molecular weight is 446 g/mol. The minimum atomic E-state index is -3.99. The van der Waals surface area contributed by atoms with Crippen molar-refractivity contribution in [2.24, 2.45) is 5.14 Å². The Bertz CT molecular complexity index is 1200. The summed E-state index contributed by atoms with van der Waals surface area (Å²) in [5.41, 5.74) is 0.437. The van der Waals surface area contributed by atoms with E-state index in [2.05, 4.69) is 25.2 Å². The molecule has 8 nitrogen and oxygen atoms in total. The van der Waals surface area contributed by atoms with Crippen LogP contribution in [0.3, 0.4) is 0 Å². The second kappa shape index (κ2) is 8.16. The first-order valence-corrected chi connectivity index (χ1v) is 11.1. The molecule has 0 spiro atoms. The SMILES string of the molecule is NS(=O)(=O)Nc1ccc(F)c(-c2ccc(NCC3(c4ncccc4F)CCC3)nn2)c1. The normalized spacial score (nSPS) is 15.2. The Kier molecular flexibility index (Phi) is 5.54. The number of aromatic nitrogens is 3. The summed E-state index contributed by atoms with van der Waals surface area (Å²) < 4.78 is 53.0. The molecule has 1 saturated carbocycles. The molecule has 4 rings (SSSR count). The summed E-state index contributed by atoms with van der Waals surface area (Å²) in [7, 11) is -3.99. The van der Waals surface area contributed by atoms with Gasteiger partial charge in [0.25, 0.3) is 10.2 Å². The van der Waals surface area contributed by atoms with Gasteiger partial charge in [0, 0.05) is 23.7 Å². The highest BCUT2D eigenvalue weighted by molar-refractivity contribution is 7.90. The van der Waals surface area contributed by atoms with Crippen molar-refractivity contribution in [2.45, 2.75) is 24.7 Å². The third-order valence-electron chi connectivity index (χ3n) is 5.35. The van der Waals surface area contributed by atoms with Gasteiger partial charge in [-0.3, -0.25) is 9.71 Å². The van der Waals surface area contributed by atoms with Gasteiger partial charge >= 0.3 is 0 Å². The molecule has 11 heteroatoms. The van der Waals surface area contributed by atoms with Gasteiger partial charge in [0.05, 0.1) is 17.1 Å². The maximum absolute atomic E-state index is 14.2. The van der Waals surface area contributed by atoms with Crippen molar-refractivity contribution in [2.75, 3.05) is 16.6 Å². The number of hydrogen-bond donors (Lipinski definition) is 3. The molecule has 2 heterocycles. The fourth-order valence-electron chi connectivity index (χ4n) is 3.66. The van der Waals surface area contributed by atoms with Crippen LogP contribution in [0, 0.1) is 11.6 Å². The number of nitrogens with one attached hydrogen (secondary N) is 2. The van der Waals surface area contributed by atoms with E-state index in [1.165, 1.54) is 18.2 Å². The van der Waals surface area contributed by atoms with E-state index < -0.39 is 21.4 Å². The summed E-state index contributed by atoms with van der Waals surface area (Å²) in [6.07, 6.45) is 4.20. The molecule has 2 aromatic heterocycles. The molecule has 0 unspecified atom stereocenters. The molecule has 1 aliphatic carbocycles. The summed E-state index contributed by atoms with van der Waals surface area (Å²) in [6, 6.07) is 9.80. The Balaban J connectivity index is 1.50. The lowest BCUT2D eigenvalue weighted by molar-refractivity contribution is 0.243. The summed E-state index contributed by atoms with van der Waals surface area (Å²) in [4.78, 5) is 4.23. The standard InChI is InChI=1S/C20H20F2N6O2S/c21-15-5-4-13(28-31(23,29)30)11-14(15)17-6-7-18(27-26-17)25-12-20(8-2-9-20)19-16(22)3-1-10-24-19/h1,3-7,10-11,28H,2,8-9,12H2,(H,25,27)(H2,23,29,30). The van der Waals surface area contributed by atoms with Gasteiger partial charge in [0.15, 0.2) is 0 Å². The van der Waals surface area contributed by atoms with Crippen LogP contribution in [0.25, 0.3) is 11.3 Å². The molecule has 0 radical (unpaired) electrons. The van der Waals surface area contributed by atoms with Gasteiger partial charge < -0.3 is 5.32 Å². The molecule has 1 fully saturated rings. The van der Waals surface area contributed by atoms with E-state index in [0.29, 0.717) is 18.1 Å². The lowest BCUT2D eigenvalue weighted by Crippen LogP contribution is -2.42. The van der Waals surface area contributed by atoms with Gasteiger partial charge in [0.1, 0.15) is 17.5 Å². The lowest BCUT2D eigenvalue weighted by atomic mass is 9.66. The van der Waals surface area contributed by atoms with Gasteiger partial charge in [-0.2, -0.15) is 8.42 Å². The number of rotatable bonds is 7. The smallest absolute Gasteiger partial charge is 0.296 e. The number of halogens is 2. The predicted molar refractivity (Wildman–Crippen MR) is 112 cm³/mol. The van der Waals surface area contributed by atoms with E-state index >= 15 is 0 Å². The van der Waals surface area contributed by atoms with Gasteiger partial charge in [-0.1, -0.05) is 6.42 Å². The molecule has 4 N–H and O–H groups in total. The van der Waals surface area contributed by atoms with E-state index in [1.54, 1.807) is 24.4 Å². The molecule has 0 bridgehead atoms. The van der Waals surface area contributed by atoms with Crippen LogP contribution < -0.4 is 15.2 Å². The second-order valence-corrected chi connectivity index (χ2v) is 8.76. The average Bonchev–Trinajstić information content (AvgIpc) is 2.69. The maximum atomic E-state index is 14.2. The van der Waals surface area contributed by atoms with Gasteiger partial charge in [-0.25, -0.2) is 13.9 Å². The van der Waals surface area contributed by atoms with Crippen LogP contribution in [0.15, 0.2) is 48.7 Å². The van der Waals surface area contributed by atoms with Crippen molar-refractivity contribution in [3.63, 3.8) is 0 Å². The third-order valence-corrected chi connectivity index (χ3v) is 5.87. The van der Waals surface area contributed by atoms with E-state index in [-0.39, 0.29) is 22.8 Å². The van der Waals surface area contributed by atoms with Gasteiger partial charge in [0.2, 0.25) is 0 Å². The zero-order valence-corrected chi connectivity index (χ0v) is 17.2. The fourth-order valence-corrected chi connectivity index (χ4v) is 4.11. The Morgan fingerprint density at radius 3 is 2.48 bits per heavy atom. The molecule has 162 valence electrons. The van der Waals surface area contributed by atoms with Crippen LogP contribution >= 0.6 is 0 Å². The molecule has 0 amide bonds. The third kappa shape index (κ3) is 4.62. The monoisotopic (exact) mass is 446 g/mol. The van der Waals surface area contributed by atoms with Gasteiger partial charge in [-0.15, -0.1) is 10.2 Å². The largest absolute Gasteiger partial charge is 0.368 e. The first kappa shape index (κ1) is 21.1. The number of anilines is 2. The summed E-state index contributed by atoms with van der Waals surface area (Å²) >= 11 is 0. The van der Waals surface area contributed by atoms with Gasteiger partial charge in [-0.05, 0) is 55.3 Å². The Morgan fingerprint density at radius 2 is 1.87 bits per heavy atom. The van der Waals surface area contributed by atoms with Crippen LogP contribution in [-0.2, 0) is 15.6 Å². The fraction of sp³-hybridized carbons (Fsp3) is 0.250. The van der Waals surface area contributed by atoms with E-state index in [9.17, 15) is 17.2 Å². The lowest BCUT2D eigenvalue weighted by Gasteiger charge is -2.41. The van der Waals surface area contributed by atoms with Crippen molar-refractivity contribution in [3.8, 4) is 11.3 Å². The van der Waals surface area contributed by atoms with Crippen molar-refractivity contribution < 1.29 is 17.2 Å². The first-order valence-electron chi connectivity index (χ1n) is 9.55. The van der Waals surface area contributed by atoms with E-state index in [4.69, 9.17) is 5.14 Å². The Labute approximate surface area is 178 Å². The molecule has 1 aliphatic rings. The first-order chi connectivity index (χ1) is 14.8. The quantitative estimate of drug-likeness (QED) is 0.513. The number of nitrogens with two attached hydrogens (primary N) is 1.